The fraction of sp³-hybridized carbons (Fsp3) is 0.750. The number of sulfone groups is 1. The van der Waals surface area contributed by atoms with Crippen molar-refractivity contribution in [2.24, 2.45) is 5.92 Å². The Morgan fingerprint density at radius 1 is 1.38 bits per heavy atom. The van der Waals surface area contributed by atoms with Crippen LogP contribution in [-0.2, 0) is 21.2 Å². The van der Waals surface area contributed by atoms with Crippen molar-refractivity contribution in [1.29, 1.82) is 0 Å². The van der Waals surface area contributed by atoms with Crippen LogP contribution < -0.4 is 5.32 Å². The first kappa shape index (κ1) is 19.3. The Morgan fingerprint density at radius 2 is 2.04 bits per heavy atom. The van der Waals surface area contributed by atoms with Crippen LogP contribution in [0.15, 0.2) is 5.16 Å². The number of carbonyl (C=O) groups is 1. The number of imidazole rings is 1. The minimum Gasteiger partial charge on any atom is -0.351 e. The molecule has 1 aromatic heterocycles. The zero-order valence-corrected chi connectivity index (χ0v) is 16.6. The van der Waals surface area contributed by atoms with Gasteiger partial charge in [-0.05, 0) is 33.1 Å². The monoisotopic (exact) mass is 373 g/mol. The van der Waals surface area contributed by atoms with Gasteiger partial charge in [-0.1, -0.05) is 25.6 Å². The minimum absolute atomic E-state index is 0.0519. The van der Waals surface area contributed by atoms with Crippen molar-refractivity contribution in [2.45, 2.75) is 64.0 Å². The first-order valence-electron chi connectivity index (χ1n) is 8.30. The lowest BCUT2D eigenvalue weighted by Crippen LogP contribution is -2.40. The average Bonchev–Trinajstić information content (AvgIpc) is 2.92. The van der Waals surface area contributed by atoms with Crippen LogP contribution in [0.3, 0.4) is 0 Å². The lowest BCUT2D eigenvalue weighted by atomic mass is 10.2. The predicted octanol–water partition coefficient (Wildman–Crippen LogP) is 1.94. The Bertz CT molecular complexity index is 710. The molecule has 1 aromatic rings. The first-order chi connectivity index (χ1) is 11.1. The van der Waals surface area contributed by atoms with Crippen LogP contribution in [0.2, 0.25) is 0 Å². The molecule has 0 aromatic carbocycles. The number of hydrogen-bond acceptors (Lipinski definition) is 5. The standard InChI is InChI=1S/C16H27N3O3S2/c1-10(2)8-19-12(4)11(3)17-16(19)23-13(5)15(20)18-14-6-7-24(21,22)9-14/h10,13-14H,6-9H2,1-5H3,(H,18,20)/t13-,14+/m1/s1. The molecule has 1 saturated heterocycles. The number of thioether (sulfide) groups is 1. The maximum absolute atomic E-state index is 12.4. The van der Waals surface area contributed by atoms with E-state index in [0.717, 1.165) is 23.1 Å². The molecular weight excluding hydrogens is 346 g/mol. The molecule has 0 bridgehead atoms. The number of rotatable bonds is 6. The molecule has 0 spiro atoms. The van der Waals surface area contributed by atoms with Crippen molar-refractivity contribution in [3.05, 3.63) is 11.4 Å². The lowest BCUT2D eigenvalue weighted by Gasteiger charge is -2.17. The van der Waals surface area contributed by atoms with E-state index in [-0.39, 0.29) is 28.7 Å². The van der Waals surface area contributed by atoms with Crippen LogP contribution >= 0.6 is 11.8 Å². The second-order valence-electron chi connectivity index (χ2n) is 6.94. The number of aryl methyl sites for hydroxylation is 1. The Morgan fingerprint density at radius 3 is 2.58 bits per heavy atom. The molecule has 2 rings (SSSR count). The van der Waals surface area contributed by atoms with Crippen molar-refractivity contribution < 1.29 is 13.2 Å². The van der Waals surface area contributed by atoms with Crippen molar-refractivity contribution >= 4 is 27.5 Å². The Hall–Kier alpha value is -1.02. The summed E-state index contributed by atoms with van der Waals surface area (Å²) < 4.78 is 25.2. The fourth-order valence-electron chi connectivity index (χ4n) is 2.73. The third-order valence-corrected chi connectivity index (χ3v) is 7.06. The Kier molecular flexibility index (Phi) is 6.01. The molecule has 1 amide bonds. The molecule has 1 N–H and O–H groups in total. The van der Waals surface area contributed by atoms with E-state index >= 15 is 0 Å². The van der Waals surface area contributed by atoms with E-state index in [4.69, 9.17) is 0 Å². The number of amides is 1. The van der Waals surface area contributed by atoms with E-state index in [1.807, 2.05) is 20.8 Å². The summed E-state index contributed by atoms with van der Waals surface area (Å²) in [5.41, 5.74) is 2.10. The van der Waals surface area contributed by atoms with E-state index in [1.165, 1.54) is 11.8 Å². The van der Waals surface area contributed by atoms with Crippen LogP contribution in [0.1, 0.15) is 38.6 Å². The van der Waals surface area contributed by atoms with Gasteiger partial charge in [0.1, 0.15) is 0 Å². The minimum atomic E-state index is -2.99. The van der Waals surface area contributed by atoms with Crippen LogP contribution in [0.25, 0.3) is 0 Å². The van der Waals surface area contributed by atoms with Gasteiger partial charge in [0.25, 0.3) is 0 Å². The van der Waals surface area contributed by atoms with Gasteiger partial charge in [0.05, 0.1) is 22.4 Å². The molecule has 2 heterocycles. The van der Waals surface area contributed by atoms with Gasteiger partial charge in [0.2, 0.25) is 5.91 Å². The zero-order chi connectivity index (χ0) is 18.1. The average molecular weight is 374 g/mol. The van der Waals surface area contributed by atoms with Crippen LogP contribution in [0.4, 0.5) is 0 Å². The number of carbonyl (C=O) groups excluding carboxylic acids is 1. The van der Waals surface area contributed by atoms with Gasteiger partial charge in [0.15, 0.2) is 15.0 Å². The quantitative estimate of drug-likeness (QED) is 0.771. The van der Waals surface area contributed by atoms with Crippen molar-refractivity contribution in [1.82, 2.24) is 14.9 Å². The SMILES string of the molecule is Cc1nc(S[C@H](C)C(=O)N[C@H]2CCS(=O)(=O)C2)n(CC(C)C)c1C. The van der Waals surface area contributed by atoms with E-state index < -0.39 is 9.84 Å². The molecule has 0 aliphatic carbocycles. The van der Waals surface area contributed by atoms with Crippen molar-refractivity contribution in [2.75, 3.05) is 11.5 Å². The van der Waals surface area contributed by atoms with Crippen LogP contribution in [0.5, 0.6) is 0 Å². The number of hydrogen-bond donors (Lipinski definition) is 1. The normalized spacial score (nSPS) is 21.2. The first-order valence-corrected chi connectivity index (χ1v) is 11.0. The Balaban J connectivity index is 2.02. The molecule has 0 unspecified atom stereocenters. The molecule has 0 radical (unpaired) electrons. The van der Waals surface area contributed by atoms with E-state index in [9.17, 15) is 13.2 Å². The topological polar surface area (TPSA) is 81.1 Å². The maximum atomic E-state index is 12.4. The third kappa shape index (κ3) is 4.75. The van der Waals surface area contributed by atoms with Gasteiger partial charge in [-0.15, -0.1) is 0 Å². The predicted molar refractivity (Wildman–Crippen MR) is 97.1 cm³/mol. The molecule has 136 valence electrons. The highest BCUT2D eigenvalue weighted by atomic mass is 32.2. The summed E-state index contributed by atoms with van der Waals surface area (Å²) in [4.78, 5) is 17.0. The lowest BCUT2D eigenvalue weighted by molar-refractivity contribution is -0.120. The highest BCUT2D eigenvalue weighted by molar-refractivity contribution is 8.00. The second-order valence-corrected chi connectivity index (χ2v) is 10.5. The maximum Gasteiger partial charge on any atom is 0.233 e. The summed E-state index contributed by atoms with van der Waals surface area (Å²) in [7, 11) is -2.99. The van der Waals surface area contributed by atoms with Gasteiger partial charge in [-0.25, -0.2) is 13.4 Å². The van der Waals surface area contributed by atoms with Crippen molar-refractivity contribution in [3.8, 4) is 0 Å². The zero-order valence-electron chi connectivity index (χ0n) is 15.0. The summed E-state index contributed by atoms with van der Waals surface area (Å²) in [5, 5.41) is 3.39. The molecule has 1 fully saturated rings. The number of nitrogens with one attached hydrogen (secondary N) is 1. The highest BCUT2D eigenvalue weighted by Gasteiger charge is 2.30. The molecule has 2 atom stereocenters. The van der Waals surface area contributed by atoms with Gasteiger partial charge in [-0.3, -0.25) is 4.79 Å². The van der Waals surface area contributed by atoms with Crippen LogP contribution in [-0.4, -0.2) is 46.7 Å². The summed E-state index contributed by atoms with van der Waals surface area (Å²) >= 11 is 1.43. The summed E-state index contributed by atoms with van der Waals surface area (Å²) in [6, 6.07) is -0.260. The van der Waals surface area contributed by atoms with E-state index in [0.29, 0.717) is 12.3 Å². The van der Waals surface area contributed by atoms with Gasteiger partial charge < -0.3 is 9.88 Å². The van der Waals surface area contributed by atoms with Crippen molar-refractivity contribution in [3.63, 3.8) is 0 Å². The molecule has 8 heteroatoms. The van der Waals surface area contributed by atoms with Gasteiger partial charge in [0, 0.05) is 18.3 Å². The van der Waals surface area contributed by atoms with Crippen LogP contribution in [0, 0.1) is 19.8 Å². The highest BCUT2D eigenvalue weighted by Crippen LogP contribution is 2.26. The third-order valence-electron chi connectivity index (χ3n) is 4.20. The molecule has 6 nitrogen and oxygen atoms in total. The van der Waals surface area contributed by atoms with E-state index in [1.54, 1.807) is 0 Å². The summed E-state index contributed by atoms with van der Waals surface area (Å²) in [6.07, 6.45) is 0.506. The molecule has 0 saturated carbocycles. The molecule has 1 aliphatic rings. The summed E-state index contributed by atoms with van der Waals surface area (Å²) in [5.74, 6) is 0.577. The Labute approximate surface area is 148 Å². The molecular formula is C16H27N3O3S2. The van der Waals surface area contributed by atoms with E-state index in [2.05, 4.69) is 28.7 Å². The molecule has 1 aliphatic heterocycles. The molecule has 24 heavy (non-hydrogen) atoms. The number of nitrogens with zero attached hydrogens (tertiary/aromatic N) is 2. The fourth-order valence-corrected chi connectivity index (χ4v) is 5.43. The smallest absolute Gasteiger partial charge is 0.233 e. The number of aromatic nitrogens is 2. The largest absolute Gasteiger partial charge is 0.351 e. The second kappa shape index (κ2) is 7.47. The van der Waals surface area contributed by atoms with Gasteiger partial charge >= 0.3 is 0 Å². The summed E-state index contributed by atoms with van der Waals surface area (Å²) in [6.45, 7) is 11.0. The van der Waals surface area contributed by atoms with Gasteiger partial charge in [-0.2, -0.15) is 0 Å².